The molecule has 0 heterocycles. The van der Waals surface area contributed by atoms with E-state index < -0.39 is 0 Å². The second-order valence-corrected chi connectivity index (χ2v) is 4.90. The normalized spacial score (nSPS) is 23.6. The number of nitrogens with one attached hydrogen (secondary N) is 1. The smallest absolute Gasteiger partial charge is 0.223 e. The summed E-state index contributed by atoms with van der Waals surface area (Å²) in [5, 5.41) is 12.3. The number of phenolic OH excluding ortho intramolecular Hbond substituents is 1. The van der Waals surface area contributed by atoms with E-state index in [1.807, 2.05) is 6.07 Å². The van der Waals surface area contributed by atoms with E-state index in [0.29, 0.717) is 12.5 Å². The minimum Gasteiger partial charge on any atom is -0.508 e. The van der Waals surface area contributed by atoms with Crippen LogP contribution in [0.25, 0.3) is 0 Å². The van der Waals surface area contributed by atoms with Crippen molar-refractivity contribution in [2.75, 3.05) is 0 Å². The highest BCUT2D eigenvalue weighted by Gasteiger charge is 2.29. The Hall–Kier alpha value is -1.51. The molecule has 92 valence electrons. The molecule has 0 radical (unpaired) electrons. The van der Waals surface area contributed by atoms with Gasteiger partial charge in [0.2, 0.25) is 5.91 Å². The zero-order chi connectivity index (χ0) is 12.3. The van der Waals surface area contributed by atoms with Gasteiger partial charge in [-0.3, -0.25) is 4.79 Å². The molecule has 1 fully saturated rings. The van der Waals surface area contributed by atoms with Crippen molar-refractivity contribution in [3.05, 3.63) is 29.8 Å². The van der Waals surface area contributed by atoms with Crippen LogP contribution in [-0.4, -0.2) is 11.0 Å². The molecule has 1 aliphatic carbocycles. The average molecular weight is 233 g/mol. The zero-order valence-corrected chi connectivity index (χ0v) is 10.1. The number of hydrogen-bond acceptors (Lipinski definition) is 2. The molecule has 0 spiro atoms. The summed E-state index contributed by atoms with van der Waals surface area (Å²) in [7, 11) is 0. The lowest BCUT2D eigenvalue weighted by Gasteiger charge is -2.15. The van der Waals surface area contributed by atoms with E-state index in [1.165, 1.54) is 0 Å². The molecule has 2 rings (SSSR count). The molecule has 3 heteroatoms. The number of phenols is 1. The molecule has 1 aromatic carbocycles. The fourth-order valence-corrected chi connectivity index (χ4v) is 2.52. The first-order valence-electron chi connectivity index (χ1n) is 6.22. The van der Waals surface area contributed by atoms with Crippen molar-refractivity contribution in [1.29, 1.82) is 0 Å². The summed E-state index contributed by atoms with van der Waals surface area (Å²) in [6, 6.07) is 7.00. The molecule has 1 aliphatic rings. The van der Waals surface area contributed by atoms with Gasteiger partial charge in [-0.25, -0.2) is 0 Å². The molecule has 1 amide bonds. The molecule has 0 aromatic heterocycles. The molecular weight excluding hydrogens is 214 g/mol. The average Bonchev–Trinajstić information content (AvgIpc) is 2.72. The minimum atomic E-state index is 0.151. The van der Waals surface area contributed by atoms with Crippen LogP contribution >= 0.6 is 0 Å². The molecule has 1 aromatic rings. The maximum Gasteiger partial charge on any atom is 0.223 e. The topological polar surface area (TPSA) is 49.3 Å². The highest BCUT2D eigenvalue weighted by Crippen LogP contribution is 2.31. The SMILES string of the molecule is CC1CCCC1C(=O)NCc1cccc(O)c1. The van der Waals surface area contributed by atoms with Crippen molar-refractivity contribution in [2.24, 2.45) is 11.8 Å². The van der Waals surface area contributed by atoms with Crippen LogP contribution < -0.4 is 5.32 Å². The van der Waals surface area contributed by atoms with Gasteiger partial charge in [0.25, 0.3) is 0 Å². The summed E-state index contributed by atoms with van der Waals surface area (Å²) in [5.74, 6) is 1.07. The lowest BCUT2D eigenvalue weighted by Crippen LogP contribution is -2.31. The Labute approximate surface area is 102 Å². The zero-order valence-electron chi connectivity index (χ0n) is 10.1. The Morgan fingerprint density at radius 3 is 2.94 bits per heavy atom. The fourth-order valence-electron chi connectivity index (χ4n) is 2.52. The van der Waals surface area contributed by atoms with Gasteiger partial charge in [0.15, 0.2) is 0 Å². The molecule has 3 nitrogen and oxygen atoms in total. The first-order valence-corrected chi connectivity index (χ1v) is 6.22. The van der Waals surface area contributed by atoms with E-state index in [9.17, 15) is 9.90 Å². The second-order valence-electron chi connectivity index (χ2n) is 4.90. The largest absolute Gasteiger partial charge is 0.508 e. The van der Waals surface area contributed by atoms with Crippen molar-refractivity contribution in [2.45, 2.75) is 32.7 Å². The van der Waals surface area contributed by atoms with E-state index in [1.54, 1.807) is 18.2 Å². The first-order chi connectivity index (χ1) is 8.16. The highest BCUT2D eigenvalue weighted by atomic mass is 16.3. The van der Waals surface area contributed by atoms with Gasteiger partial charge in [0, 0.05) is 12.5 Å². The summed E-state index contributed by atoms with van der Waals surface area (Å²) < 4.78 is 0. The maximum absolute atomic E-state index is 11.9. The quantitative estimate of drug-likeness (QED) is 0.842. The Morgan fingerprint density at radius 1 is 1.47 bits per heavy atom. The standard InChI is InChI=1S/C14H19NO2/c1-10-4-2-7-13(10)14(17)15-9-11-5-3-6-12(16)8-11/h3,5-6,8,10,13,16H,2,4,7,9H2,1H3,(H,15,17). The van der Waals surface area contributed by atoms with Gasteiger partial charge in [-0.2, -0.15) is 0 Å². The number of aromatic hydroxyl groups is 1. The maximum atomic E-state index is 11.9. The third-order valence-corrected chi connectivity index (χ3v) is 3.58. The summed E-state index contributed by atoms with van der Waals surface area (Å²) in [4.78, 5) is 11.9. The van der Waals surface area contributed by atoms with Gasteiger partial charge in [0.05, 0.1) is 0 Å². The second kappa shape index (κ2) is 5.21. The van der Waals surface area contributed by atoms with E-state index in [2.05, 4.69) is 12.2 Å². The van der Waals surface area contributed by atoms with Gasteiger partial charge in [-0.1, -0.05) is 25.5 Å². The summed E-state index contributed by atoms with van der Waals surface area (Å²) in [6.45, 7) is 2.64. The Balaban J connectivity index is 1.88. The third kappa shape index (κ3) is 2.99. The predicted octanol–water partition coefficient (Wildman–Crippen LogP) is 2.44. The molecular formula is C14H19NO2. The number of carbonyl (C=O) groups is 1. The van der Waals surface area contributed by atoms with Gasteiger partial charge in [-0.05, 0) is 36.5 Å². The van der Waals surface area contributed by atoms with Crippen molar-refractivity contribution < 1.29 is 9.90 Å². The van der Waals surface area contributed by atoms with Gasteiger partial charge in [-0.15, -0.1) is 0 Å². The Bertz CT molecular complexity index is 403. The molecule has 0 bridgehead atoms. The lowest BCUT2D eigenvalue weighted by atomic mass is 9.97. The Kier molecular flexibility index (Phi) is 3.67. The van der Waals surface area contributed by atoms with Crippen LogP contribution in [0.4, 0.5) is 0 Å². The van der Waals surface area contributed by atoms with E-state index in [-0.39, 0.29) is 17.6 Å². The van der Waals surface area contributed by atoms with Gasteiger partial charge >= 0.3 is 0 Å². The van der Waals surface area contributed by atoms with Crippen LogP contribution in [0.1, 0.15) is 31.7 Å². The van der Waals surface area contributed by atoms with Crippen LogP contribution in [0, 0.1) is 11.8 Å². The molecule has 0 aliphatic heterocycles. The van der Waals surface area contributed by atoms with E-state index in [4.69, 9.17) is 0 Å². The fraction of sp³-hybridized carbons (Fsp3) is 0.500. The van der Waals surface area contributed by atoms with Crippen molar-refractivity contribution in [3.63, 3.8) is 0 Å². The van der Waals surface area contributed by atoms with Crippen molar-refractivity contribution >= 4 is 5.91 Å². The summed E-state index contributed by atoms with van der Waals surface area (Å²) in [5.41, 5.74) is 0.934. The highest BCUT2D eigenvalue weighted by molar-refractivity contribution is 5.79. The predicted molar refractivity (Wildman–Crippen MR) is 66.5 cm³/mol. The van der Waals surface area contributed by atoms with E-state index in [0.717, 1.165) is 24.8 Å². The molecule has 1 saturated carbocycles. The summed E-state index contributed by atoms with van der Waals surface area (Å²) >= 11 is 0. The molecule has 2 N–H and O–H groups in total. The third-order valence-electron chi connectivity index (χ3n) is 3.58. The van der Waals surface area contributed by atoms with E-state index >= 15 is 0 Å². The van der Waals surface area contributed by atoms with Crippen LogP contribution in [0.3, 0.4) is 0 Å². The van der Waals surface area contributed by atoms with Crippen LogP contribution in [-0.2, 0) is 11.3 Å². The number of rotatable bonds is 3. The molecule has 2 atom stereocenters. The number of carbonyl (C=O) groups excluding carboxylic acids is 1. The monoisotopic (exact) mass is 233 g/mol. The van der Waals surface area contributed by atoms with Crippen LogP contribution in [0.5, 0.6) is 5.75 Å². The Morgan fingerprint density at radius 2 is 2.29 bits per heavy atom. The van der Waals surface area contributed by atoms with Gasteiger partial charge < -0.3 is 10.4 Å². The van der Waals surface area contributed by atoms with Crippen molar-refractivity contribution in [3.8, 4) is 5.75 Å². The molecule has 2 unspecified atom stereocenters. The number of amides is 1. The number of hydrogen-bond donors (Lipinski definition) is 2. The van der Waals surface area contributed by atoms with Crippen LogP contribution in [0.2, 0.25) is 0 Å². The van der Waals surface area contributed by atoms with Crippen molar-refractivity contribution in [1.82, 2.24) is 5.32 Å². The minimum absolute atomic E-state index is 0.151. The summed E-state index contributed by atoms with van der Waals surface area (Å²) in [6.07, 6.45) is 3.32. The molecule has 0 saturated heterocycles. The lowest BCUT2D eigenvalue weighted by molar-refractivity contribution is -0.126. The van der Waals surface area contributed by atoms with Crippen LogP contribution in [0.15, 0.2) is 24.3 Å². The van der Waals surface area contributed by atoms with Gasteiger partial charge in [0.1, 0.15) is 5.75 Å². The molecule has 17 heavy (non-hydrogen) atoms. The number of benzene rings is 1. The first kappa shape index (κ1) is 12.0.